The molecule has 1 aromatic carbocycles. The minimum absolute atomic E-state index is 0.121. The number of methoxy groups -OCH3 is 1. The van der Waals surface area contributed by atoms with Crippen molar-refractivity contribution in [3.63, 3.8) is 0 Å². The Morgan fingerprint density at radius 2 is 1.89 bits per heavy atom. The molecule has 0 heterocycles. The molecule has 1 aromatic rings. The fourth-order valence-corrected chi connectivity index (χ4v) is 1.49. The Bertz CT molecular complexity index is 458. The minimum atomic E-state index is -1.47. The number of carboxylic acids is 1. The summed E-state index contributed by atoms with van der Waals surface area (Å²) in [5, 5.41) is 14.0. The molecule has 0 saturated carbocycles. The summed E-state index contributed by atoms with van der Waals surface area (Å²) in [6.07, 6.45) is 0. The van der Waals surface area contributed by atoms with Gasteiger partial charge in [0.25, 0.3) is 0 Å². The van der Waals surface area contributed by atoms with Gasteiger partial charge < -0.3 is 20.5 Å². The Morgan fingerprint density at radius 1 is 1.32 bits per heavy atom. The van der Waals surface area contributed by atoms with Crippen LogP contribution in [0.15, 0.2) is 24.3 Å². The van der Waals surface area contributed by atoms with E-state index in [4.69, 9.17) is 9.84 Å². The van der Waals surface area contributed by atoms with Crippen LogP contribution in [-0.2, 0) is 9.53 Å². The predicted octanol–water partition coefficient (Wildman–Crippen LogP) is 1.61. The number of carbonyl (C=O) groups is 2. The van der Waals surface area contributed by atoms with Crippen LogP contribution in [0.4, 0.5) is 10.5 Å². The summed E-state index contributed by atoms with van der Waals surface area (Å²) in [4.78, 5) is 22.9. The van der Waals surface area contributed by atoms with Crippen molar-refractivity contribution in [1.29, 1.82) is 0 Å². The second-order valence-electron chi connectivity index (χ2n) is 4.52. The lowest BCUT2D eigenvalue weighted by Gasteiger charge is -2.25. The van der Waals surface area contributed by atoms with Crippen LogP contribution in [0.3, 0.4) is 0 Å². The van der Waals surface area contributed by atoms with Gasteiger partial charge in [-0.2, -0.15) is 0 Å². The van der Waals surface area contributed by atoms with E-state index in [9.17, 15) is 9.59 Å². The van der Waals surface area contributed by atoms with E-state index in [1.54, 1.807) is 12.1 Å². The number of anilines is 1. The van der Waals surface area contributed by atoms with Crippen molar-refractivity contribution in [1.82, 2.24) is 5.32 Å². The van der Waals surface area contributed by atoms with Crippen molar-refractivity contribution in [2.24, 2.45) is 0 Å². The lowest BCUT2D eigenvalue weighted by atomic mass is 10.1. The van der Waals surface area contributed by atoms with Gasteiger partial charge in [0.2, 0.25) is 0 Å². The molecular formula is C13H18N2O4. The van der Waals surface area contributed by atoms with Gasteiger partial charge >= 0.3 is 12.0 Å². The van der Waals surface area contributed by atoms with Gasteiger partial charge in [-0.05, 0) is 26.0 Å². The van der Waals surface area contributed by atoms with Crippen LogP contribution in [0.1, 0.15) is 12.5 Å². The predicted molar refractivity (Wildman–Crippen MR) is 71.3 cm³/mol. The molecule has 104 valence electrons. The quantitative estimate of drug-likeness (QED) is 0.755. The van der Waals surface area contributed by atoms with E-state index >= 15 is 0 Å². The van der Waals surface area contributed by atoms with Crippen molar-refractivity contribution in [3.8, 4) is 0 Å². The zero-order chi connectivity index (χ0) is 14.5. The molecule has 0 aliphatic carbocycles. The molecule has 2 amide bonds. The number of carboxylic acid groups (broad SMARTS) is 1. The van der Waals surface area contributed by atoms with Crippen LogP contribution in [0.2, 0.25) is 0 Å². The first-order valence-electron chi connectivity index (χ1n) is 5.75. The number of amides is 2. The van der Waals surface area contributed by atoms with Crippen LogP contribution in [0.5, 0.6) is 0 Å². The van der Waals surface area contributed by atoms with Crippen molar-refractivity contribution in [2.45, 2.75) is 19.4 Å². The second kappa shape index (κ2) is 6.19. The highest BCUT2D eigenvalue weighted by molar-refractivity contribution is 5.93. The first kappa shape index (κ1) is 15.0. The molecule has 0 radical (unpaired) electrons. The molecule has 19 heavy (non-hydrogen) atoms. The molecule has 6 nitrogen and oxygen atoms in total. The Balaban J connectivity index is 2.68. The normalized spacial score (nSPS) is 13.4. The van der Waals surface area contributed by atoms with Crippen molar-refractivity contribution < 1.29 is 19.4 Å². The standard InChI is InChI=1S/C13H18N2O4/c1-9-4-6-10(7-5-9)14-12(18)15-13(2,8-19-3)11(16)17/h4-7H,8H2,1-3H3,(H,16,17)(H2,14,15,18)/t13-/m0/s1. The molecule has 0 saturated heterocycles. The molecule has 0 spiro atoms. The number of carbonyl (C=O) groups excluding carboxylic acids is 1. The highest BCUT2D eigenvalue weighted by atomic mass is 16.5. The van der Waals surface area contributed by atoms with Crippen LogP contribution in [-0.4, -0.2) is 36.4 Å². The third-order valence-electron chi connectivity index (χ3n) is 2.60. The number of nitrogens with one attached hydrogen (secondary N) is 2. The van der Waals surface area contributed by atoms with Gasteiger partial charge in [0.15, 0.2) is 5.54 Å². The highest BCUT2D eigenvalue weighted by Gasteiger charge is 2.35. The van der Waals surface area contributed by atoms with Gasteiger partial charge in [-0.3, -0.25) is 0 Å². The molecular weight excluding hydrogens is 248 g/mol. The van der Waals surface area contributed by atoms with E-state index in [-0.39, 0.29) is 6.61 Å². The average Bonchev–Trinajstić information content (AvgIpc) is 2.32. The van der Waals surface area contributed by atoms with Gasteiger partial charge in [0, 0.05) is 12.8 Å². The zero-order valence-electron chi connectivity index (χ0n) is 11.2. The largest absolute Gasteiger partial charge is 0.479 e. The molecule has 6 heteroatoms. The summed E-state index contributed by atoms with van der Waals surface area (Å²) in [7, 11) is 1.38. The van der Waals surface area contributed by atoms with Gasteiger partial charge in [-0.15, -0.1) is 0 Å². The van der Waals surface area contributed by atoms with Crippen LogP contribution >= 0.6 is 0 Å². The highest BCUT2D eigenvalue weighted by Crippen LogP contribution is 2.10. The monoisotopic (exact) mass is 266 g/mol. The lowest BCUT2D eigenvalue weighted by molar-refractivity contribution is -0.145. The van der Waals surface area contributed by atoms with E-state index < -0.39 is 17.5 Å². The fourth-order valence-electron chi connectivity index (χ4n) is 1.49. The average molecular weight is 266 g/mol. The molecule has 0 unspecified atom stereocenters. The van der Waals surface area contributed by atoms with Gasteiger partial charge in [-0.25, -0.2) is 9.59 Å². The number of aryl methyl sites for hydroxylation is 1. The SMILES string of the molecule is COC[C@](C)(NC(=O)Nc1ccc(C)cc1)C(=O)O. The Morgan fingerprint density at radius 3 is 2.37 bits per heavy atom. The van der Waals surface area contributed by atoms with Gasteiger partial charge in [0.1, 0.15) is 0 Å². The molecule has 0 bridgehead atoms. The number of urea groups is 1. The summed E-state index contributed by atoms with van der Waals surface area (Å²) in [6, 6.07) is 6.58. The van der Waals surface area contributed by atoms with Crippen molar-refractivity contribution in [2.75, 3.05) is 19.0 Å². The van der Waals surface area contributed by atoms with E-state index in [1.165, 1.54) is 14.0 Å². The zero-order valence-corrected chi connectivity index (χ0v) is 11.2. The van der Waals surface area contributed by atoms with Crippen LogP contribution < -0.4 is 10.6 Å². The van der Waals surface area contributed by atoms with E-state index in [1.807, 2.05) is 19.1 Å². The van der Waals surface area contributed by atoms with E-state index in [0.29, 0.717) is 5.69 Å². The number of hydrogen-bond acceptors (Lipinski definition) is 3. The number of rotatable bonds is 5. The maximum Gasteiger partial charge on any atom is 0.331 e. The van der Waals surface area contributed by atoms with Crippen molar-refractivity contribution >= 4 is 17.7 Å². The molecule has 1 rings (SSSR count). The molecule has 0 fully saturated rings. The molecule has 1 atom stereocenters. The number of benzene rings is 1. The Labute approximate surface area is 111 Å². The topological polar surface area (TPSA) is 87.7 Å². The third-order valence-corrected chi connectivity index (χ3v) is 2.60. The van der Waals surface area contributed by atoms with Crippen LogP contribution in [0.25, 0.3) is 0 Å². The summed E-state index contributed by atoms with van der Waals surface area (Å²) < 4.78 is 4.81. The summed E-state index contributed by atoms with van der Waals surface area (Å²) in [5.41, 5.74) is 0.192. The number of aliphatic carboxylic acids is 1. The van der Waals surface area contributed by atoms with Crippen molar-refractivity contribution in [3.05, 3.63) is 29.8 Å². The van der Waals surface area contributed by atoms with E-state index in [0.717, 1.165) is 5.56 Å². The molecule has 0 aliphatic heterocycles. The minimum Gasteiger partial charge on any atom is -0.479 e. The Hall–Kier alpha value is -2.08. The lowest BCUT2D eigenvalue weighted by Crippen LogP contribution is -2.56. The molecule has 0 aliphatic rings. The summed E-state index contributed by atoms with van der Waals surface area (Å²) in [5.74, 6) is -1.16. The van der Waals surface area contributed by atoms with Crippen LogP contribution in [0, 0.1) is 6.92 Å². The third kappa shape index (κ3) is 4.26. The summed E-state index contributed by atoms with van der Waals surface area (Å²) in [6.45, 7) is 3.20. The smallest absolute Gasteiger partial charge is 0.331 e. The molecule has 3 N–H and O–H groups in total. The maximum atomic E-state index is 11.8. The van der Waals surface area contributed by atoms with E-state index in [2.05, 4.69) is 10.6 Å². The van der Waals surface area contributed by atoms with Gasteiger partial charge in [0.05, 0.1) is 6.61 Å². The number of ether oxygens (including phenoxy) is 1. The first-order chi connectivity index (χ1) is 8.87. The first-order valence-corrected chi connectivity index (χ1v) is 5.75. The second-order valence-corrected chi connectivity index (χ2v) is 4.52. The summed E-state index contributed by atoms with van der Waals surface area (Å²) >= 11 is 0. The van der Waals surface area contributed by atoms with Gasteiger partial charge in [-0.1, -0.05) is 17.7 Å². The number of hydrogen-bond donors (Lipinski definition) is 3. The Kier molecular flexibility index (Phi) is 4.88. The molecule has 0 aromatic heterocycles. The fraction of sp³-hybridized carbons (Fsp3) is 0.385. The maximum absolute atomic E-state index is 11.8.